The Hall–Kier alpha value is -2.16. The van der Waals surface area contributed by atoms with E-state index in [0.29, 0.717) is 0 Å². The Morgan fingerprint density at radius 3 is 3.20 bits per heavy atom. The van der Waals surface area contributed by atoms with Gasteiger partial charge >= 0.3 is 0 Å². The maximum Gasteiger partial charge on any atom is 0.236 e. The largest absolute Gasteiger partial charge is 0.310 e. The van der Waals surface area contributed by atoms with Crippen molar-refractivity contribution in [3.63, 3.8) is 0 Å². The fourth-order valence-electron chi connectivity index (χ4n) is 3.57. The summed E-state index contributed by atoms with van der Waals surface area (Å²) < 4.78 is 0. The second kappa shape index (κ2) is 4.17. The number of nitrogens with one attached hydrogen (secondary N) is 1. The molecule has 4 rings (SSSR count). The Kier molecular flexibility index (Phi) is 2.43. The Bertz CT molecular complexity index is 684. The lowest BCUT2D eigenvalue weighted by Crippen LogP contribution is -2.37. The van der Waals surface area contributed by atoms with Gasteiger partial charge in [0.1, 0.15) is 5.82 Å². The van der Waals surface area contributed by atoms with Gasteiger partial charge in [0.15, 0.2) is 0 Å². The molecule has 3 aliphatic rings. The zero-order chi connectivity index (χ0) is 13.6. The highest BCUT2D eigenvalue weighted by atomic mass is 16.2. The van der Waals surface area contributed by atoms with Crippen LogP contribution in [0, 0.1) is 0 Å². The van der Waals surface area contributed by atoms with Crippen LogP contribution in [0.15, 0.2) is 53.8 Å². The normalized spacial score (nSPS) is 27.3. The molecule has 1 amide bonds. The third-order valence-corrected chi connectivity index (χ3v) is 4.65. The summed E-state index contributed by atoms with van der Waals surface area (Å²) >= 11 is 0. The summed E-state index contributed by atoms with van der Waals surface area (Å²) in [6, 6.07) is 3.97. The molecular formula is C17H16N2O. The molecule has 1 N–H and O–H groups in total. The number of aromatic nitrogens is 1. The third kappa shape index (κ3) is 1.52. The van der Waals surface area contributed by atoms with Gasteiger partial charge in [-0.1, -0.05) is 30.4 Å². The van der Waals surface area contributed by atoms with E-state index in [0.717, 1.165) is 37.1 Å². The van der Waals surface area contributed by atoms with Crippen molar-refractivity contribution in [2.75, 3.05) is 5.32 Å². The quantitative estimate of drug-likeness (QED) is 0.781. The van der Waals surface area contributed by atoms with Crippen molar-refractivity contribution in [3.8, 4) is 0 Å². The first-order valence-electron chi connectivity index (χ1n) is 7.12. The van der Waals surface area contributed by atoms with Crippen molar-refractivity contribution in [2.45, 2.75) is 31.1 Å². The molecule has 3 heteroatoms. The van der Waals surface area contributed by atoms with E-state index in [9.17, 15) is 4.79 Å². The van der Waals surface area contributed by atoms with Crippen molar-refractivity contribution in [1.82, 2.24) is 4.98 Å². The summed E-state index contributed by atoms with van der Waals surface area (Å²) in [5.74, 6) is 0.862. The Labute approximate surface area is 118 Å². The third-order valence-electron chi connectivity index (χ3n) is 4.65. The molecule has 0 aromatic carbocycles. The topological polar surface area (TPSA) is 42.0 Å². The van der Waals surface area contributed by atoms with Gasteiger partial charge in [-0.3, -0.25) is 4.79 Å². The van der Waals surface area contributed by atoms with Gasteiger partial charge in [0.25, 0.3) is 0 Å². The van der Waals surface area contributed by atoms with Crippen LogP contribution in [0.3, 0.4) is 0 Å². The smallest absolute Gasteiger partial charge is 0.236 e. The van der Waals surface area contributed by atoms with Gasteiger partial charge in [0.05, 0.1) is 5.41 Å². The predicted octanol–water partition coefficient (Wildman–Crippen LogP) is 3.27. The summed E-state index contributed by atoms with van der Waals surface area (Å²) in [7, 11) is 0. The summed E-state index contributed by atoms with van der Waals surface area (Å²) in [6.07, 6.45) is 14.1. The molecule has 1 atom stereocenters. The molecule has 100 valence electrons. The van der Waals surface area contributed by atoms with E-state index in [2.05, 4.69) is 34.6 Å². The van der Waals surface area contributed by atoms with Gasteiger partial charge in [-0.25, -0.2) is 4.98 Å². The maximum atomic E-state index is 12.6. The van der Waals surface area contributed by atoms with Gasteiger partial charge in [0, 0.05) is 11.8 Å². The zero-order valence-corrected chi connectivity index (χ0v) is 11.2. The number of anilines is 1. The molecule has 3 nitrogen and oxygen atoms in total. The fraction of sp³-hybridized carbons (Fsp3) is 0.294. The maximum absolute atomic E-state index is 12.6. The highest BCUT2D eigenvalue weighted by molar-refractivity contribution is 6.05. The average molecular weight is 264 g/mol. The second-order valence-electron chi connectivity index (χ2n) is 5.70. The highest BCUT2D eigenvalue weighted by Gasteiger charge is 2.49. The molecule has 1 saturated carbocycles. The molecule has 1 unspecified atom stereocenters. The van der Waals surface area contributed by atoms with Gasteiger partial charge in [-0.15, -0.1) is 0 Å². The van der Waals surface area contributed by atoms with Crippen molar-refractivity contribution >= 4 is 11.7 Å². The minimum atomic E-state index is -0.406. The molecule has 1 aromatic rings. The first-order valence-corrected chi connectivity index (χ1v) is 7.12. The van der Waals surface area contributed by atoms with Crippen LogP contribution in [0.2, 0.25) is 0 Å². The monoisotopic (exact) mass is 264 g/mol. The molecule has 2 heterocycles. The molecule has 1 aromatic heterocycles. The van der Waals surface area contributed by atoms with Crippen LogP contribution in [-0.4, -0.2) is 10.9 Å². The number of allylic oxidation sites excluding steroid dienone is 6. The van der Waals surface area contributed by atoms with Gasteiger partial charge in [-0.05, 0) is 42.9 Å². The zero-order valence-electron chi connectivity index (χ0n) is 11.2. The first kappa shape index (κ1) is 11.6. The number of amides is 1. The van der Waals surface area contributed by atoms with Crippen LogP contribution in [0.4, 0.5) is 5.82 Å². The molecule has 1 fully saturated rings. The number of carbonyl (C=O) groups is 1. The van der Waals surface area contributed by atoms with E-state index in [-0.39, 0.29) is 5.91 Å². The van der Waals surface area contributed by atoms with E-state index < -0.39 is 5.41 Å². The van der Waals surface area contributed by atoms with E-state index in [1.807, 2.05) is 12.1 Å². The van der Waals surface area contributed by atoms with Crippen LogP contribution in [-0.2, 0) is 10.2 Å². The molecule has 0 bridgehead atoms. The van der Waals surface area contributed by atoms with E-state index >= 15 is 0 Å². The van der Waals surface area contributed by atoms with E-state index in [4.69, 9.17) is 0 Å². The van der Waals surface area contributed by atoms with Crippen molar-refractivity contribution in [3.05, 3.63) is 59.3 Å². The van der Waals surface area contributed by atoms with E-state index in [1.54, 1.807) is 6.20 Å². The van der Waals surface area contributed by atoms with Crippen LogP contribution in [0.1, 0.15) is 31.2 Å². The number of nitrogens with zero attached hydrogens (tertiary/aromatic N) is 1. The Morgan fingerprint density at radius 1 is 1.30 bits per heavy atom. The van der Waals surface area contributed by atoms with Gasteiger partial charge in [-0.2, -0.15) is 0 Å². The predicted molar refractivity (Wildman–Crippen MR) is 78.3 cm³/mol. The molecule has 1 spiro atoms. The SMILES string of the molecule is O=C1Nc2ncccc2C12CCC1=CC=CCC=C1C2. The van der Waals surface area contributed by atoms with E-state index in [1.165, 1.54) is 11.1 Å². The number of fused-ring (bicyclic) bond motifs is 3. The summed E-state index contributed by atoms with van der Waals surface area (Å²) in [5.41, 5.74) is 3.38. The lowest BCUT2D eigenvalue weighted by atomic mass is 9.67. The number of rotatable bonds is 0. The van der Waals surface area contributed by atoms with Gasteiger partial charge < -0.3 is 5.32 Å². The van der Waals surface area contributed by atoms with Crippen molar-refractivity contribution in [2.24, 2.45) is 0 Å². The Balaban J connectivity index is 1.80. The number of hydrogen-bond acceptors (Lipinski definition) is 2. The van der Waals surface area contributed by atoms with Crippen LogP contribution in [0.25, 0.3) is 0 Å². The van der Waals surface area contributed by atoms with Crippen molar-refractivity contribution < 1.29 is 4.79 Å². The molecule has 0 radical (unpaired) electrons. The lowest BCUT2D eigenvalue weighted by Gasteiger charge is -2.34. The summed E-state index contributed by atoms with van der Waals surface area (Å²) in [5, 5.41) is 2.96. The molecular weight excluding hydrogens is 248 g/mol. The fourth-order valence-corrected chi connectivity index (χ4v) is 3.57. The number of hydrogen-bond donors (Lipinski definition) is 1. The van der Waals surface area contributed by atoms with Crippen LogP contribution < -0.4 is 5.32 Å². The summed E-state index contributed by atoms with van der Waals surface area (Å²) in [6.45, 7) is 0. The van der Waals surface area contributed by atoms with Crippen LogP contribution in [0.5, 0.6) is 0 Å². The molecule has 1 aliphatic heterocycles. The minimum absolute atomic E-state index is 0.114. The lowest BCUT2D eigenvalue weighted by molar-refractivity contribution is -0.121. The Morgan fingerprint density at radius 2 is 2.25 bits per heavy atom. The van der Waals surface area contributed by atoms with Crippen LogP contribution >= 0.6 is 0 Å². The highest BCUT2D eigenvalue weighted by Crippen LogP contribution is 2.49. The first-order chi connectivity index (χ1) is 9.79. The minimum Gasteiger partial charge on any atom is -0.310 e. The standard InChI is InChI=1S/C17H16N2O/c20-16-17(14-7-4-10-18-15(14)19-16)9-8-12-5-2-1-3-6-13(12)11-17/h1-2,4-7,10H,3,8-9,11H2,(H,18,19,20). The van der Waals surface area contributed by atoms with Crippen molar-refractivity contribution in [1.29, 1.82) is 0 Å². The molecule has 0 saturated heterocycles. The average Bonchev–Trinajstić information content (AvgIpc) is 2.64. The molecule has 2 aliphatic carbocycles. The number of pyridine rings is 1. The summed E-state index contributed by atoms with van der Waals surface area (Å²) in [4.78, 5) is 16.9. The van der Waals surface area contributed by atoms with Gasteiger partial charge in [0.2, 0.25) is 5.91 Å². The second-order valence-corrected chi connectivity index (χ2v) is 5.70. The molecule has 20 heavy (non-hydrogen) atoms. The number of carbonyl (C=O) groups excluding carboxylic acids is 1.